The summed E-state index contributed by atoms with van der Waals surface area (Å²) >= 11 is 0. The Morgan fingerprint density at radius 3 is 2.90 bits per heavy atom. The zero-order valence-corrected chi connectivity index (χ0v) is 12.3. The van der Waals surface area contributed by atoms with Crippen LogP contribution in [0, 0.1) is 0 Å². The topological polar surface area (TPSA) is 44.8 Å². The van der Waals surface area contributed by atoms with Gasteiger partial charge in [0.1, 0.15) is 0 Å². The van der Waals surface area contributed by atoms with Crippen LogP contribution in [-0.4, -0.2) is 48.1 Å². The molecule has 2 fully saturated rings. The Morgan fingerprint density at radius 2 is 2.05 bits per heavy atom. The van der Waals surface area contributed by atoms with Crippen molar-refractivity contribution in [3.05, 3.63) is 35.9 Å². The quantitative estimate of drug-likeness (QED) is 0.866. The molecule has 2 aliphatic heterocycles. The third kappa shape index (κ3) is 3.74. The summed E-state index contributed by atoms with van der Waals surface area (Å²) in [6.45, 7) is 4.18. The number of amides is 2. The molecule has 0 radical (unpaired) electrons. The number of urea groups is 1. The predicted octanol–water partition coefficient (Wildman–Crippen LogP) is 2.00. The summed E-state index contributed by atoms with van der Waals surface area (Å²) in [6, 6.07) is 10.3. The number of rotatable bonds is 3. The average molecular weight is 289 g/mol. The highest BCUT2D eigenvalue weighted by atomic mass is 16.7. The molecule has 114 valence electrons. The fourth-order valence-corrected chi connectivity index (χ4v) is 3.16. The molecule has 0 saturated carbocycles. The van der Waals surface area contributed by atoms with Crippen LogP contribution >= 0.6 is 0 Å². The second kappa shape index (κ2) is 6.91. The van der Waals surface area contributed by atoms with Crippen molar-refractivity contribution < 1.29 is 9.63 Å². The molecule has 0 aromatic heterocycles. The Labute approximate surface area is 125 Å². The number of nitrogens with zero attached hydrogens (tertiary/aromatic N) is 2. The lowest BCUT2D eigenvalue weighted by Gasteiger charge is -2.43. The molecule has 2 saturated heterocycles. The molecule has 1 atom stereocenters. The maximum Gasteiger partial charge on any atom is 0.341 e. The summed E-state index contributed by atoms with van der Waals surface area (Å²) in [5.41, 5.74) is 3.62. The average Bonchev–Trinajstić information content (AvgIpc) is 2.55. The number of fused-ring (bicyclic) bond motifs is 1. The summed E-state index contributed by atoms with van der Waals surface area (Å²) in [4.78, 5) is 21.8. The lowest BCUT2D eigenvalue weighted by molar-refractivity contribution is 0.0169. The van der Waals surface area contributed by atoms with E-state index >= 15 is 0 Å². The van der Waals surface area contributed by atoms with E-state index in [-0.39, 0.29) is 6.03 Å². The van der Waals surface area contributed by atoms with Crippen LogP contribution in [0.2, 0.25) is 0 Å². The molecule has 21 heavy (non-hydrogen) atoms. The van der Waals surface area contributed by atoms with Crippen molar-refractivity contribution >= 4 is 6.03 Å². The van der Waals surface area contributed by atoms with Crippen LogP contribution in [0.15, 0.2) is 30.3 Å². The number of piperidine rings is 1. The van der Waals surface area contributed by atoms with Crippen LogP contribution < -0.4 is 5.48 Å². The van der Waals surface area contributed by atoms with E-state index in [1.807, 2.05) is 35.2 Å². The number of benzene rings is 1. The van der Waals surface area contributed by atoms with Crippen molar-refractivity contribution in [2.75, 3.05) is 26.2 Å². The third-order valence-corrected chi connectivity index (χ3v) is 4.37. The Kier molecular flexibility index (Phi) is 4.72. The second-order valence-electron chi connectivity index (χ2n) is 5.81. The molecular weight excluding hydrogens is 266 g/mol. The molecule has 5 nitrogen and oxygen atoms in total. The van der Waals surface area contributed by atoms with E-state index in [0.717, 1.165) is 25.2 Å². The molecule has 0 bridgehead atoms. The first-order valence-electron chi connectivity index (χ1n) is 7.77. The van der Waals surface area contributed by atoms with Gasteiger partial charge >= 0.3 is 6.03 Å². The maximum atomic E-state index is 12.1. The number of piperazine rings is 1. The van der Waals surface area contributed by atoms with Gasteiger partial charge < -0.3 is 4.90 Å². The van der Waals surface area contributed by atoms with Crippen LogP contribution in [0.5, 0.6) is 0 Å². The molecule has 3 rings (SSSR count). The largest absolute Gasteiger partial charge is 0.341 e. The Morgan fingerprint density at radius 1 is 1.19 bits per heavy atom. The van der Waals surface area contributed by atoms with Gasteiger partial charge in [-0.3, -0.25) is 9.74 Å². The second-order valence-corrected chi connectivity index (χ2v) is 5.81. The van der Waals surface area contributed by atoms with Crippen molar-refractivity contribution in [2.45, 2.75) is 31.9 Å². The van der Waals surface area contributed by atoms with Crippen molar-refractivity contribution in [3.8, 4) is 0 Å². The Bertz CT molecular complexity index is 466. The zero-order valence-electron chi connectivity index (χ0n) is 12.3. The first-order valence-corrected chi connectivity index (χ1v) is 7.77. The minimum atomic E-state index is -0.115. The van der Waals surface area contributed by atoms with Crippen LogP contribution in [0.3, 0.4) is 0 Å². The predicted molar refractivity (Wildman–Crippen MR) is 80.5 cm³/mol. The van der Waals surface area contributed by atoms with E-state index in [1.165, 1.54) is 25.8 Å². The van der Waals surface area contributed by atoms with Gasteiger partial charge in [-0.2, -0.15) is 0 Å². The van der Waals surface area contributed by atoms with Crippen molar-refractivity contribution in [1.29, 1.82) is 0 Å². The van der Waals surface area contributed by atoms with E-state index in [1.54, 1.807) is 0 Å². The summed E-state index contributed by atoms with van der Waals surface area (Å²) in [7, 11) is 0. The molecule has 2 heterocycles. The van der Waals surface area contributed by atoms with E-state index in [0.29, 0.717) is 12.6 Å². The van der Waals surface area contributed by atoms with Crippen LogP contribution in [0.1, 0.15) is 24.8 Å². The third-order valence-electron chi connectivity index (χ3n) is 4.37. The van der Waals surface area contributed by atoms with E-state index in [4.69, 9.17) is 4.84 Å². The highest BCUT2D eigenvalue weighted by molar-refractivity contribution is 5.73. The molecule has 1 aromatic carbocycles. The first-order chi connectivity index (χ1) is 10.3. The van der Waals surface area contributed by atoms with E-state index in [2.05, 4.69) is 10.4 Å². The van der Waals surface area contributed by atoms with Gasteiger partial charge in [-0.15, -0.1) is 0 Å². The van der Waals surface area contributed by atoms with Crippen LogP contribution in [0.25, 0.3) is 0 Å². The molecule has 1 N–H and O–H groups in total. The van der Waals surface area contributed by atoms with Gasteiger partial charge in [0.05, 0.1) is 6.61 Å². The molecule has 1 unspecified atom stereocenters. The fraction of sp³-hybridized carbons (Fsp3) is 0.562. The number of carbonyl (C=O) groups is 1. The van der Waals surface area contributed by atoms with Crippen LogP contribution in [0.4, 0.5) is 4.79 Å². The maximum absolute atomic E-state index is 12.1. The van der Waals surface area contributed by atoms with Gasteiger partial charge in [-0.25, -0.2) is 10.3 Å². The van der Waals surface area contributed by atoms with Gasteiger partial charge in [0.2, 0.25) is 0 Å². The van der Waals surface area contributed by atoms with Gasteiger partial charge in [0, 0.05) is 25.7 Å². The SMILES string of the molecule is O=C(NOCc1ccccc1)N1CCN2CCCCC2C1. The van der Waals surface area contributed by atoms with Crippen molar-refractivity contribution in [3.63, 3.8) is 0 Å². The van der Waals surface area contributed by atoms with Crippen molar-refractivity contribution in [2.24, 2.45) is 0 Å². The van der Waals surface area contributed by atoms with E-state index < -0.39 is 0 Å². The summed E-state index contributed by atoms with van der Waals surface area (Å²) in [5, 5.41) is 0. The van der Waals surface area contributed by atoms with Gasteiger partial charge in [0.25, 0.3) is 0 Å². The van der Waals surface area contributed by atoms with Gasteiger partial charge in [-0.05, 0) is 24.9 Å². The van der Waals surface area contributed by atoms with Crippen molar-refractivity contribution in [1.82, 2.24) is 15.3 Å². The number of hydrogen-bond acceptors (Lipinski definition) is 3. The monoisotopic (exact) mass is 289 g/mol. The molecule has 2 aliphatic rings. The van der Waals surface area contributed by atoms with E-state index in [9.17, 15) is 4.79 Å². The molecular formula is C16H23N3O2. The molecule has 0 spiro atoms. The number of hydroxylamine groups is 1. The minimum Gasteiger partial charge on any atom is -0.320 e. The number of carbonyl (C=O) groups excluding carboxylic acids is 1. The molecule has 0 aliphatic carbocycles. The summed E-state index contributed by atoms with van der Waals surface area (Å²) in [6.07, 6.45) is 3.78. The zero-order chi connectivity index (χ0) is 14.5. The number of hydrogen-bond donors (Lipinski definition) is 1. The lowest BCUT2D eigenvalue weighted by Crippen LogP contribution is -2.57. The standard InChI is InChI=1S/C16H23N3O2/c20-16(17-21-13-14-6-2-1-3-7-14)19-11-10-18-9-5-4-8-15(18)12-19/h1-3,6-7,15H,4-5,8-13H2,(H,17,20). The van der Waals surface area contributed by atoms with Gasteiger partial charge in [0.15, 0.2) is 0 Å². The molecule has 2 amide bonds. The molecule has 1 aromatic rings. The fourth-order valence-electron chi connectivity index (χ4n) is 3.16. The smallest absolute Gasteiger partial charge is 0.320 e. The Balaban J connectivity index is 1.43. The highest BCUT2D eigenvalue weighted by Crippen LogP contribution is 2.20. The summed E-state index contributed by atoms with van der Waals surface area (Å²) < 4.78 is 0. The highest BCUT2D eigenvalue weighted by Gasteiger charge is 2.30. The first kappa shape index (κ1) is 14.4. The Hall–Kier alpha value is -1.59. The normalized spacial score (nSPS) is 22.7. The minimum absolute atomic E-state index is 0.115. The van der Waals surface area contributed by atoms with Crippen LogP contribution in [-0.2, 0) is 11.4 Å². The number of nitrogens with one attached hydrogen (secondary N) is 1. The van der Waals surface area contributed by atoms with Gasteiger partial charge in [-0.1, -0.05) is 36.8 Å². The lowest BCUT2D eigenvalue weighted by atomic mass is 10.00. The summed E-state index contributed by atoms with van der Waals surface area (Å²) in [5.74, 6) is 0. The molecule has 5 heteroatoms.